The maximum Gasteiger partial charge on any atom is 0.294 e. The second-order valence-corrected chi connectivity index (χ2v) is 7.64. The van der Waals surface area contributed by atoms with Crippen LogP contribution in [0.25, 0.3) is 17.0 Å². The van der Waals surface area contributed by atoms with Gasteiger partial charge in [-0.1, -0.05) is 18.2 Å². The molecule has 3 heterocycles. The Morgan fingerprint density at radius 2 is 2.06 bits per heavy atom. The van der Waals surface area contributed by atoms with Gasteiger partial charge in [0.1, 0.15) is 17.2 Å². The first kappa shape index (κ1) is 24.7. The molecule has 1 aliphatic rings. The maximum atomic E-state index is 12.6. The molecule has 2 aromatic heterocycles. The third kappa shape index (κ3) is 5.32. The van der Waals surface area contributed by atoms with Gasteiger partial charge in [-0.3, -0.25) is 19.3 Å². The van der Waals surface area contributed by atoms with Gasteiger partial charge in [-0.15, -0.1) is 0 Å². The van der Waals surface area contributed by atoms with Gasteiger partial charge in [-0.05, 0) is 42.7 Å². The van der Waals surface area contributed by atoms with Crippen LogP contribution in [-0.2, 0) is 32.1 Å². The Balaban J connectivity index is 0.00000158. The number of pyridine rings is 1. The van der Waals surface area contributed by atoms with Crippen molar-refractivity contribution in [2.24, 2.45) is 0 Å². The highest BCUT2D eigenvalue weighted by atomic mass is 16.5. The second-order valence-electron chi connectivity index (χ2n) is 7.64. The van der Waals surface area contributed by atoms with E-state index in [1.165, 1.54) is 11.0 Å². The first-order valence-corrected chi connectivity index (χ1v) is 10.7. The van der Waals surface area contributed by atoms with Crippen LogP contribution in [0.15, 0.2) is 47.0 Å². The fraction of sp³-hybridized carbons (Fsp3) is 0.280. The monoisotopic (exact) mass is 465 g/mol. The summed E-state index contributed by atoms with van der Waals surface area (Å²) in [5.74, 6) is 0.920. The zero-order valence-electron chi connectivity index (χ0n) is 19.4. The molecule has 0 spiro atoms. The van der Waals surface area contributed by atoms with E-state index in [0.29, 0.717) is 31.7 Å². The highest BCUT2D eigenvalue weighted by Gasteiger charge is 2.25. The molecule has 0 radical (unpaired) electrons. The summed E-state index contributed by atoms with van der Waals surface area (Å²) < 4.78 is 10.6. The van der Waals surface area contributed by atoms with E-state index in [4.69, 9.17) is 14.3 Å². The minimum absolute atomic E-state index is 0.146. The fourth-order valence-electron chi connectivity index (χ4n) is 3.74. The molecule has 4 rings (SSSR count). The Kier molecular flexibility index (Phi) is 8.15. The number of aliphatic hydroxyl groups excluding tert-OH is 1. The second kappa shape index (κ2) is 11.2. The molecule has 1 aromatic carbocycles. The number of amides is 2. The summed E-state index contributed by atoms with van der Waals surface area (Å²) in [5.41, 5.74) is 3.44. The Morgan fingerprint density at radius 3 is 2.79 bits per heavy atom. The van der Waals surface area contributed by atoms with Crippen LogP contribution in [0.5, 0.6) is 0 Å². The number of para-hydroxylation sites is 1. The SMILES string of the molecule is CO.Cc1c(CN(C)C(=O)/C=C/c2cnc3c(c2)CCC(=O)N3COC=O)oc2ccccc12. The summed E-state index contributed by atoms with van der Waals surface area (Å²) in [7, 11) is 2.72. The van der Waals surface area contributed by atoms with Gasteiger partial charge in [0.2, 0.25) is 11.8 Å². The van der Waals surface area contributed by atoms with Crippen LogP contribution < -0.4 is 4.90 Å². The van der Waals surface area contributed by atoms with E-state index in [1.807, 2.05) is 37.3 Å². The summed E-state index contributed by atoms with van der Waals surface area (Å²) in [6.07, 6.45) is 5.61. The van der Waals surface area contributed by atoms with Crippen molar-refractivity contribution in [3.63, 3.8) is 0 Å². The maximum absolute atomic E-state index is 12.6. The molecule has 0 aliphatic carbocycles. The number of hydrogen-bond acceptors (Lipinski definition) is 7. The first-order valence-electron chi connectivity index (χ1n) is 10.7. The molecule has 0 saturated carbocycles. The van der Waals surface area contributed by atoms with Gasteiger partial charge >= 0.3 is 0 Å². The van der Waals surface area contributed by atoms with E-state index in [2.05, 4.69) is 4.98 Å². The van der Waals surface area contributed by atoms with Crippen LogP contribution in [0.2, 0.25) is 0 Å². The zero-order chi connectivity index (χ0) is 24.7. The molecule has 3 aromatic rings. The topological polar surface area (TPSA) is 113 Å². The highest BCUT2D eigenvalue weighted by Crippen LogP contribution is 2.27. The lowest BCUT2D eigenvalue weighted by molar-refractivity contribution is -0.130. The van der Waals surface area contributed by atoms with Crippen LogP contribution in [0, 0.1) is 6.92 Å². The van der Waals surface area contributed by atoms with E-state index in [9.17, 15) is 14.4 Å². The van der Waals surface area contributed by atoms with E-state index in [-0.39, 0.29) is 18.5 Å². The number of likely N-dealkylation sites (N-methyl/N-ethyl adjacent to an activating group) is 1. The number of ether oxygens (including phenoxy) is 1. The quantitative estimate of drug-likeness (QED) is 0.422. The Labute approximate surface area is 197 Å². The molecular formula is C25H27N3O6. The molecule has 0 unspecified atom stereocenters. The third-order valence-electron chi connectivity index (χ3n) is 5.52. The smallest absolute Gasteiger partial charge is 0.294 e. The van der Waals surface area contributed by atoms with Gasteiger partial charge in [0, 0.05) is 43.8 Å². The van der Waals surface area contributed by atoms with Crippen LogP contribution >= 0.6 is 0 Å². The predicted molar refractivity (Wildman–Crippen MR) is 127 cm³/mol. The number of carbonyl (C=O) groups is 3. The van der Waals surface area contributed by atoms with E-state index >= 15 is 0 Å². The van der Waals surface area contributed by atoms with Crippen molar-refractivity contribution in [2.45, 2.75) is 26.3 Å². The van der Waals surface area contributed by atoms with Crippen molar-refractivity contribution in [3.8, 4) is 0 Å². The molecule has 0 saturated heterocycles. The lowest BCUT2D eigenvalue weighted by Gasteiger charge is -2.27. The lowest BCUT2D eigenvalue weighted by Crippen LogP contribution is -2.37. The minimum Gasteiger partial charge on any atom is -0.459 e. The van der Waals surface area contributed by atoms with Crippen LogP contribution in [-0.4, -0.2) is 54.2 Å². The average molecular weight is 466 g/mol. The number of aliphatic hydroxyl groups is 1. The fourth-order valence-corrected chi connectivity index (χ4v) is 3.74. The Bertz CT molecular complexity index is 1220. The van der Waals surface area contributed by atoms with Gasteiger partial charge in [-0.2, -0.15) is 0 Å². The Hall–Kier alpha value is -3.98. The van der Waals surface area contributed by atoms with E-state index < -0.39 is 0 Å². The lowest BCUT2D eigenvalue weighted by atomic mass is 10.0. The standard InChI is InChI=1S/C24H23N3O5.CH4O/c1-16-19-5-3-4-6-20(19)32-21(16)13-26(2)22(29)9-7-17-11-18-8-10-23(30)27(14-31-15-28)24(18)25-12-17;1-2/h3-7,9,11-12,15H,8,10,13-14H2,1-2H3;2H,1H3/b9-7+;. The number of fused-ring (bicyclic) bond motifs is 2. The average Bonchev–Trinajstić information content (AvgIpc) is 3.18. The van der Waals surface area contributed by atoms with E-state index in [0.717, 1.165) is 40.5 Å². The predicted octanol–water partition coefficient (Wildman–Crippen LogP) is 2.83. The van der Waals surface area contributed by atoms with E-state index in [1.54, 1.807) is 24.2 Å². The Morgan fingerprint density at radius 1 is 1.29 bits per heavy atom. The summed E-state index contributed by atoms with van der Waals surface area (Å²) in [6, 6.07) is 9.68. The van der Waals surface area contributed by atoms with Crippen molar-refractivity contribution >= 4 is 41.1 Å². The van der Waals surface area contributed by atoms with Gasteiger partial charge in [0.05, 0.1) is 6.54 Å². The minimum atomic E-state index is -0.168. The number of rotatable bonds is 7. The molecule has 34 heavy (non-hydrogen) atoms. The van der Waals surface area contributed by atoms with Crippen LogP contribution in [0.1, 0.15) is 28.9 Å². The number of aromatic nitrogens is 1. The molecule has 1 aliphatic heterocycles. The summed E-state index contributed by atoms with van der Waals surface area (Å²) in [4.78, 5) is 42.5. The number of carbonyl (C=O) groups excluding carboxylic acids is 3. The number of anilines is 1. The normalized spacial score (nSPS) is 12.8. The third-order valence-corrected chi connectivity index (χ3v) is 5.52. The largest absolute Gasteiger partial charge is 0.459 e. The number of aryl methyl sites for hydroxylation is 2. The van der Waals surface area contributed by atoms with Crippen LogP contribution in [0.4, 0.5) is 5.82 Å². The molecule has 1 N–H and O–H groups in total. The van der Waals surface area contributed by atoms with Gasteiger partial charge in [-0.25, -0.2) is 4.98 Å². The highest BCUT2D eigenvalue weighted by molar-refractivity contribution is 5.95. The number of benzene rings is 1. The van der Waals surface area contributed by atoms with Crippen molar-refractivity contribution in [3.05, 3.63) is 65.1 Å². The molecule has 9 heteroatoms. The van der Waals surface area contributed by atoms with Crippen molar-refractivity contribution in [2.75, 3.05) is 25.8 Å². The molecule has 2 amide bonds. The summed E-state index contributed by atoms with van der Waals surface area (Å²) in [5, 5.41) is 8.05. The molecule has 0 atom stereocenters. The van der Waals surface area contributed by atoms with Crippen LogP contribution in [0.3, 0.4) is 0 Å². The summed E-state index contributed by atoms with van der Waals surface area (Å²) in [6.45, 7) is 2.48. The van der Waals surface area contributed by atoms with Crippen molar-refractivity contribution in [1.29, 1.82) is 0 Å². The van der Waals surface area contributed by atoms with Gasteiger partial charge in [0.25, 0.3) is 6.47 Å². The van der Waals surface area contributed by atoms with Gasteiger partial charge < -0.3 is 19.2 Å². The number of furan rings is 1. The zero-order valence-corrected chi connectivity index (χ0v) is 19.4. The van der Waals surface area contributed by atoms with Crippen molar-refractivity contribution < 1.29 is 28.6 Å². The molecular weight excluding hydrogens is 438 g/mol. The number of hydrogen-bond donors (Lipinski definition) is 1. The summed E-state index contributed by atoms with van der Waals surface area (Å²) >= 11 is 0. The molecule has 0 fully saturated rings. The van der Waals surface area contributed by atoms with Crippen molar-refractivity contribution in [1.82, 2.24) is 9.88 Å². The number of nitrogens with zero attached hydrogens (tertiary/aromatic N) is 3. The molecule has 178 valence electrons. The first-order chi connectivity index (χ1) is 16.5. The van der Waals surface area contributed by atoms with Gasteiger partial charge in [0.15, 0.2) is 6.73 Å². The molecule has 0 bridgehead atoms. The molecule has 9 nitrogen and oxygen atoms in total.